The summed E-state index contributed by atoms with van der Waals surface area (Å²) >= 11 is 6.24. The summed E-state index contributed by atoms with van der Waals surface area (Å²) in [5, 5.41) is 6.29. The molecule has 1 atom stereocenters. The lowest BCUT2D eigenvalue weighted by Crippen LogP contribution is -2.43. The van der Waals surface area contributed by atoms with Gasteiger partial charge in [-0.2, -0.15) is 0 Å². The standard InChI is InChI=1S/C23H25ClN4O3/c1-27(20-11-12-28(23(20)31)19-8-3-2-7-18(19)24)14-21(29)25-17-6-4-5-15(13-17)22(30)26-16-9-10-16/h2-8,13,16,20H,9-12,14H2,1H3,(H,25,29)(H,26,30). The van der Waals surface area contributed by atoms with Crippen LogP contribution < -0.4 is 15.5 Å². The van der Waals surface area contributed by atoms with Gasteiger partial charge in [-0.25, -0.2) is 0 Å². The molecular formula is C23H25ClN4O3. The molecule has 0 bridgehead atoms. The van der Waals surface area contributed by atoms with Gasteiger partial charge in [0.25, 0.3) is 5.91 Å². The molecule has 2 aromatic carbocycles. The summed E-state index contributed by atoms with van der Waals surface area (Å²) in [5.41, 5.74) is 1.76. The van der Waals surface area contributed by atoms with Crippen molar-refractivity contribution in [2.24, 2.45) is 0 Å². The van der Waals surface area contributed by atoms with Gasteiger partial charge in [-0.15, -0.1) is 0 Å². The Hall–Kier alpha value is -2.90. The van der Waals surface area contributed by atoms with Crippen molar-refractivity contribution < 1.29 is 14.4 Å². The Kier molecular flexibility index (Phi) is 6.25. The fraction of sp³-hybridized carbons (Fsp3) is 0.348. The lowest BCUT2D eigenvalue weighted by atomic mass is 10.2. The van der Waals surface area contributed by atoms with Crippen LogP contribution >= 0.6 is 11.6 Å². The van der Waals surface area contributed by atoms with Gasteiger partial charge in [0.2, 0.25) is 11.8 Å². The Balaban J connectivity index is 1.34. The Morgan fingerprint density at radius 2 is 1.90 bits per heavy atom. The smallest absolute Gasteiger partial charge is 0.251 e. The molecular weight excluding hydrogens is 416 g/mol. The van der Waals surface area contributed by atoms with E-state index in [-0.39, 0.29) is 30.3 Å². The van der Waals surface area contributed by atoms with E-state index in [9.17, 15) is 14.4 Å². The Morgan fingerprint density at radius 1 is 1.13 bits per heavy atom. The largest absolute Gasteiger partial charge is 0.349 e. The minimum absolute atomic E-state index is 0.0608. The molecule has 2 aromatic rings. The van der Waals surface area contributed by atoms with Crippen LogP contribution in [0.2, 0.25) is 5.02 Å². The van der Waals surface area contributed by atoms with Crippen molar-refractivity contribution in [1.82, 2.24) is 10.2 Å². The minimum Gasteiger partial charge on any atom is -0.349 e. The van der Waals surface area contributed by atoms with Crippen LogP contribution in [-0.4, -0.2) is 54.8 Å². The monoisotopic (exact) mass is 440 g/mol. The van der Waals surface area contributed by atoms with Gasteiger partial charge in [-0.3, -0.25) is 19.3 Å². The first-order chi connectivity index (χ1) is 14.9. The number of carbonyl (C=O) groups excluding carboxylic acids is 3. The average molecular weight is 441 g/mol. The number of carbonyl (C=O) groups is 3. The zero-order valence-corrected chi connectivity index (χ0v) is 18.1. The van der Waals surface area contributed by atoms with E-state index in [0.29, 0.717) is 34.9 Å². The number of halogens is 1. The number of hydrogen-bond acceptors (Lipinski definition) is 4. The summed E-state index contributed by atoms with van der Waals surface area (Å²) < 4.78 is 0. The molecule has 1 unspecified atom stereocenters. The van der Waals surface area contributed by atoms with E-state index < -0.39 is 6.04 Å². The van der Waals surface area contributed by atoms with E-state index in [1.54, 1.807) is 47.2 Å². The fourth-order valence-corrected chi connectivity index (χ4v) is 3.99. The van der Waals surface area contributed by atoms with Gasteiger partial charge in [-0.1, -0.05) is 29.8 Å². The molecule has 1 aliphatic heterocycles. The molecule has 2 aliphatic rings. The number of benzene rings is 2. The van der Waals surface area contributed by atoms with Crippen LogP contribution in [0.5, 0.6) is 0 Å². The van der Waals surface area contributed by atoms with Crippen LogP contribution in [-0.2, 0) is 9.59 Å². The molecule has 0 spiro atoms. The Morgan fingerprint density at radius 3 is 2.65 bits per heavy atom. The van der Waals surface area contributed by atoms with Crippen LogP contribution in [0.3, 0.4) is 0 Å². The number of rotatable bonds is 7. The summed E-state index contributed by atoms with van der Waals surface area (Å²) in [6, 6.07) is 14.0. The predicted octanol–water partition coefficient (Wildman–Crippen LogP) is 2.91. The number of amides is 3. The average Bonchev–Trinajstić information content (AvgIpc) is 3.47. The van der Waals surface area contributed by atoms with Crippen LogP contribution in [0.4, 0.5) is 11.4 Å². The van der Waals surface area contributed by atoms with Crippen molar-refractivity contribution in [2.45, 2.75) is 31.3 Å². The van der Waals surface area contributed by atoms with Gasteiger partial charge in [0, 0.05) is 23.8 Å². The highest BCUT2D eigenvalue weighted by Gasteiger charge is 2.36. The van der Waals surface area contributed by atoms with Gasteiger partial charge in [0.05, 0.1) is 23.3 Å². The predicted molar refractivity (Wildman–Crippen MR) is 120 cm³/mol. The van der Waals surface area contributed by atoms with Gasteiger partial charge >= 0.3 is 0 Å². The molecule has 2 N–H and O–H groups in total. The lowest BCUT2D eigenvalue weighted by Gasteiger charge is -2.23. The van der Waals surface area contributed by atoms with Crippen molar-refractivity contribution in [2.75, 3.05) is 30.4 Å². The van der Waals surface area contributed by atoms with Crippen LogP contribution in [0.1, 0.15) is 29.6 Å². The molecule has 1 saturated heterocycles. The molecule has 4 rings (SSSR count). The second-order valence-corrected chi connectivity index (χ2v) is 8.44. The quantitative estimate of drug-likeness (QED) is 0.693. The first-order valence-electron chi connectivity index (χ1n) is 10.4. The maximum atomic E-state index is 12.9. The Bertz CT molecular complexity index is 1010. The molecule has 0 aromatic heterocycles. The zero-order chi connectivity index (χ0) is 22.0. The van der Waals surface area contributed by atoms with Gasteiger partial charge < -0.3 is 15.5 Å². The third-order valence-corrected chi connectivity index (χ3v) is 5.89. The molecule has 31 heavy (non-hydrogen) atoms. The maximum Gasteiger partial charge on any atom is 0.251 e. The summed E-state index contributed by atoms with van der Waals surface area (Å²) in [5.74, 6) is -0.444. The van der Waals surface area contributed by atoms with E-state index in [4.69, 9.17) is 11.6 Å². The molecule has 7 nitrogen and oxygen atoms in total. The zero-order valence-electron chi connectivity index (χ0n) is 17.3. The Labute approximate surface area is 186 Å². The van der Waals surface area contributed by atoms with Crippen molar-refractivity contribution in [3.05, 3.63) is 59.1 Å². The number of likely N-dealkylation sites (N-methyl/N-ethyl adjacent to an activating group) is 1. The van der Waals surface area contributed by atoms with E-state index in [0.717, 1.165) is 12.8 Å². The number of anilines is 2. The van der Waals surface area contributed by atoms with E-state index in [2.05, 4.69) is 10.6 Å². The van der Waals surface area contributed by atoms with Crippen molar-refractivity contribution in [1.29, 1.82) is 0 Å². The number of hydrogen-bond donors (Lipinski definition) is 2. The third kappa shape index (κ3) is 5.06. The van der Waals surface area contributed by atoms with Gasteiger partial charge in [-0.05, 0) is 56.6 Å². The molecule has 3 amide bonds. The highest BCUT2D eigenvalue weighted by Crippen LogP contribution is 2.30. The highest BCUT2D eigenvalue weighted by molar-refractivity contribution is 6.34. The summed E-state index contributed by atoms with van der Waals surface area (Å²) in [6.45, 7) is 0.614. The summed E-state index contributed by atoms with van der Waals surface area (Å²) in [7, 11) is 1.76. The SMILES string of the molecule is CN(CC(=O)Nc1cccc(C(=O)NC2CC2)c1)C1CCN(c2ccccc2Cl)C1=O. The maximum absolute atomic E-state index is 12.9. The van der Waals surface area contributed by atoms with Gasteiger partial charge in [0.1, 0.15) is 0 Å². The topological polar surface area (TPSA) is 81.8 Å². The molecule has 8 heteroatoms. The molecule has 1 heterocycles. The van der Waals surface area contributed by atoms with Crippen LogP contribution in [0.15, 0.2) is 48.5 Å². The molecule has 2 fully saturated rings. The third-order valence-electron chi connectivity index (χ3n) is 5.57. The molecule has 1 saturated carbocycles. The lowest BCUT2D eigenvalue weighted by molar-refractivity contribution is -0.123. The minimum atomic E-state index is -0.391. The second-order valence-electron chi connectivity index (χ2n) is 8.04. The number of para-hydroxylation sites is 1. The van der Waals surface area contributed by atoms with E-state index in [1.165, 1.54) is 0 Å². The number of nitrogens with zero attached hydrogens (tertiary/aromatic N) is 2. The van der Waals surface area contributed by atoms with Crippen LogP contribution in [0.25, 0.3) is 0 Å². The molecule has 1 aliphatic carbocycles. The van der Waals surface area contributed by atoms with E-state index in [1.807, 2.05) is 18.2 Å². The normalized spacial score (nSPS) is 18.4. The first-order valence-corrected chi connectivity index (χ1v) is 10.8. The van der Waals surface area contributed by atoms with E-state index >= 15 is 0 Å². The van der Waals surface area contributed by atoms with Crippen molar-refractivity contribution in [3.8, 4) is 0 Å². The van der Waals surface area contributed by atoms with Crippen LogP contribution in [0, 0.1) is 0 Å². The van der Waals surface area contributed by atoms with Gasteiger partial charge in [0.15, 0.2) is 0 Å². The first kappa shape index (κ1) is 21.3. The fourth-order valence-electron chi connectivity index (χ4n) is 3.76. The number of nitrogens with one attached hydrogen (secondary N) is 2. The highest BCUT2D eigenvalue weighted by atomic mass is 35.5. The molecule has 0 radical (unpaired) electrons. The van der Waals surface area contributed by atoms with Crippen molar-refractivity contribution in [3.63, 3.8) is 0 Å². The summed E-state index contributed by atoms with van der Waals surface area (Å²) in [6.07, 6.45) is 2.65. The second kappa shape index (κ2) is 9.08. The summed E-state index contributed by atoms with van der Waals surface area (Å²) in [4.78, 5) is 41.1. The molecule has 162 valence electrons. The van der Waals surface area contributed by atoms with Crippen molar-refractivity contribution >= 4 is 40.7 Å².